The van der Waals surface area contributed by atoms with Gasteiger partial charge < -0.3 is 9.47 Å². The monoisotopic (exact) mass is 394 g/mol. The Morgan fingerprint density at radius 1 is 0.929 bits per heavy atom. The van der Waals surface area contributed by atoms with Crippen molar-refractivity contribution in [1.29, 1.82) is 0 Å². The first-order valence-electron chi connectivity index (χ1n) is 8.72. The fourth-order valence-electron chi connectivity index (χ4n) is 3.14. The molecule has 0 unspecified atom stereocenters. The van der Waals surface area contributed by atoms with Crippen LogP contribution in [-0.2, 0) is 6.67 Å². The summed E-state index contributed by atoms with van der Waals surface area (Å²) in [6.07, 6.45) is 3.37. The molecule has 0 amide bonds. The molecule has 4 aromatic rings. The summed E-state index contributed by atoms with van der Waals surface area (Å²) < 4.78 is 14.7. The molecule has 0 aliphatic heterocycles. The summed E-state index contributed by atoms with van der Waals surface area (Å²) in [5, 5.41) is 9.67. The Kier molecular flexibility index (Phi) is 5.04. The van der Waals surface area contributed by atoms with E-state index in [1.807, 2.05) is 59.3 Å². The molecular weight excluding hydrogens is 376 g/mol. The number of ether oxygens (including phenoxy) is 2. The smallest absolute Gasteiger partial charge is 0.133 e. The van der Waals surface area contributed by atoms with Gasteiger partial charge in [0.25, 0.3) is 0 Å². The highest BCUT2D eigenvalue weighted by molar-refractivity contribution is 6.30. The van der Waals surface area contributed by atoms with Crippen molar-refractivity contribution in [1.82, 2.24) is 19.6 Å². The van der Waals surface area contributed by atoms with E-state index in [0.29, 0.717) is 11.7 Å². The summed E-state index contributed by atoms with van der Waals surface area (Å²) in [6, 6.07) is 17.7. The topological polar surface area (TPSA) is 54.1 Å². The SMILES string of the molecule is COc1ccccc1-c1cc(-c2ccccc2OC)n(Cn2cc(Cl)cn2)n1. The van der Waals surface area contributed by atoms with Crippen molar-refractivity contribution in [2.24, 2.45) is 0 Å². The Bertz CT molecular complexity index is 1100. The van der Waals surface area contributed by atoms with Crippen molar-refractivity contribution in [3.8, 4) is 34.0 Å². The van der Waals surface area contributed by atoms with Crippen molar-refractivity contribution in [3.63, 3.8) is 0 Å². The molecule has 0 radical (unpaired) electrons. The number of methoxy groups -OCH3 is 2. The number of hydrogen-bond acceptors (Lipinski definition) is 4. The Labute approximate surface area is 167 Å². The molecule has 4 rings (SSSR count). The summed E-state index contributed by atoms with van der Waals surface area (Å²) in [5.74, 6) is 1.54. The molecule has 2 aromatic carbocycles. The van der Waals surface area contributed by atoms with Gasteiger partial charge in [0.05, 0.1) is 36.8 Å². The molecule has 0 fully saturated rings. The van der Waals surface area contributed by atoms with Crippen molar-refractivity contribution in [2.45, 2.75) is 6.67 Å². The second-order valence-corrected chi connectivity index (χ2v) is 6.59. The van der Waals surface area contributed by atoms with Crippen LogP contribution in [0.4, 0.5) is 0 Å². The van der Waals surface area contributed by atoms with Crippen LogP contribution in [-0.4, -0.2) is 33.8 Å². The maximum Gasteiger partial charge on any atom is 0.133 e. The molecule has 2 heterocycles. The number of aromatic nitrogens is 4. The van der Waals surface area contributed by atoms with Gasteiger partial charge in [0.1, 0.15) is 18.2 Å². The molecule has 2 aromatic heterocycles. The van der Waals surface area contributed by atoms with Gasteiger partial charge >= 0.3 is 0 Å². The molecule has 142 valence electrons. The molecule has 7 heteroatoms. The van der Waals surface area contributed by atoms with Gasteiger partial charge in [-0.2, -0.15) is 10.2 Å². The van der Waals surface area contributed by atoms with Crippen LogP contribution in [0, 0.1) is 0 Å². The zero-order chi connectivity index (χ0) is 19.5. The zero-order valence-corrected chi connectivity index (χ0v) is 16.3. The molecule has 6 nitrogen and oxygen atoms in total. The number of rotatable bonds is 6. The average molecular weight is 395 g/mol. The minimum atomic E-state index is 0.412. The number of para-hydroxylation sites is 2. The third kappa shape index (κ3) is 3.46. The lowest BCUT2D eigenvalue weighted by atomic mass is 10.1. The summed E-state index contributed by atoms with van der Waals surface area (Å²) in [4.78, 5) is 0. The molecule has 0 bridgehead atoms. The predicted octanol–water partition coefficient (Wildman–Crippen LogP) is 4.59. The number of benzene rings is 2. The van der Waals surface area contributed by atoms with Gasteiger partial charge in [-0.15, -0.1) is 0 Å². The second-order valence-electron chi connectivity index (χ2n) is 6.15. The lowest BCUT2D eigenvalue weighted by Crippen LogP contribution is -2.11. The largest absolute Gasteiger partial charge is 0.496 e. The fraction of sp³-hybridized carbons (Fsp3) is 0.143. The molecule has 0 saturated carbocycles. The fourth-order valence-corrected chi connectivity index (χ4v) is 3.29. The Balaban J connectivity index is 1.86. The van der Waals surface area contributed by atoms with Crippen LogP contribution < -0.4 is 9.47 Å². The minimum Gasteiger partial charge on any atom is -0.496 e. The first-order chi connectivity index (χ1) is 13.7. The first kappa shape index (κ1) is 18.1. The number of nitrogens with zero attached hydrogens (tertiary/aromatic N) is 4. The number of hydrogen-bond donors (Lipinski definition) is 0. The van der Waals surface area contributed by atoms with Crippen molar-refractivity contribution in [2.75, 3.05) is 14.2 Å². The van der Waals surface area contributed by atoms with Crippen molar-refractivity contribution < 1.29 is 9.47 Å². The van der Waals surface area contributed by atoms with Crippen LogP contribution in [0.2, 0.25) is 5.02 Å². The van der Waals surface area contributed by atoms with Gasteiger partial charge in [0.15, 0.2) is 0 Å². The summed E-state index contributed by atoms with van der Waals surface area (Å²) in [5.41, 5.74) is 3.57. The van der Waals surface area contributed by atoms with Crippen LogP contribution in [0.5, 0.6) is 11.5 Å². The number of halogens is 1. The van der Waals surface area contributed by atoms with E-state index in [1.165, 1.54) is 0 Å². The summed E-state index contributed by atoms with van der Waals surface area (Å²) >= 11 is 6.02. The Morgan fingerprint density at radius 3 is 2.21 bits per heavy atom. The lowest BCUT2D eigenvalue weighted by molar-refractivity contribution is 0.415. The van der Waals surface area contributed by atoms with Crippen molar-refractivity contribution >= 4 is 11.6 Å². The van der Waals surface area contributed by atoms with Gasteiger partial charge in [-0.3, -0.25) is 0 Å². The van der Waals surface area contributed by atoms with E-state index in [0.717, 1.165) is 34.0 Å². The van der Waals surface area contributed by atoms with Crippen LogP contribution >= 0.6 is 11.6 Å². The van der Waals surface area contributed by atoms with E-state index in [4.69, 9.17) is 26.2 Å². The van der Waals surface area contributed by atoms with E-state index >= 15 is 0 Å². The third-order valence-corrected chi connectivity index (χ3v) is 4.62. The third-order valence-electron chi connectivity index (χ3n) is 4.43. The highest BCUT2D eigenvalue weighted by Crippen LogP contribution is 2.35. The second kappa shape index (κ2) is 7.78. The normalized spacial score (nSPS) is 10.8. The molecule has 0 saturated heterocycles. The molecule has 0 aliphatic rings. The predicted molar refractivity (Wildman–Crippen MR) is 109 cm³/mol. The van der Waals surface area contributed by atoms with Crippen LogP contribution in [0.15, 0.2) is 67.0 Å². The van der Waals surface area contributed by atoms with E-state index < -0.39 is 0 Å². The summed E-state index contributed by atoms with van der Waals surface area (Å²) in [7, 11) is 3.32. The Hall–Kier alpha value is -3.25. The standard InChI is InChI=1S/C21H19ClN4O2/c1-27-20-9-5-3-7-16(20)18-11-19(17-8-4-6-10-21(17)28-2)26(24-18)14-25-13-15(22)12-23-25/h3-13H,14H2,1-2H3. The molecule has 0 N–H and O–H groups in total. The van der Waals surface area contributed by atoms with Gasteiger partial charge in [-0.05, 0) is 30.3 Å². The van der Waals surface area contributed by atoms with E-state index in [1.54, 1.807) is 31.3 Å². The Morgan fingerprint density at radius 2 is 1.57 bits per heavy atom. The molecule has 28 heavy (non-hydrogen) atoms. The zero-order valence-electron chi connectivity index (χ0n) is 15.5. The molecular formula is C21H19ClN4O2. The van der Waals surface area contributed by atoms with E-state index in [9.17, 15) is 0 Å². The maximum atomic E-state index is 6.02. The highest BCUT2D eigenvalue weighted by atomic mass is 35.5. The van der Waals surface area contributed by atoms with Gasteiger partial charge in [-0.1, -0.05) is 35.9 Å². The van der Waals surface area contributed by atoms with Gasteiger partial charge in [0, 0.05) is 17.3 Å². The summed E-state index contributed by atoms with van der Waals surface area (Å²) in [6.45, 7) is 0.412. The van der Waals surface area contributed by atoms with Crippen LogP contribution in [0.25, 0.3) is 22.5 Å². The van der Waals surface area contributed by atoms with E-state index in [2.05, 4.69) is 5.10 Å². The lowest BCUT2D eigenvalue weighted by Gasteiger charge is -2.11. The quantitative estimate of drug-likeness (QED) is 0.480. The van der Waals surface area contributed by atoms with Crippen LogP contribution in [0.3, 0.4) is 0 Å². The molecule has 0 aliphatic carbocycles. The minimum absolute atomic E-state index is 0.412. The average Bonchev–Trinajstić information content (AvgIpc) is 3.34. The van der Waals surface area contributed by atoms with Gasteiger partial charge in [-0.25, -0.2) is 9.36 Å². The van der Waals surface area contributed by atoms with Gasteiger partial charge in [0.2, 0.25) is 0 Å². The van der Waals surface area contributed by atoms with Crippen LogP contribution in [0.1, 0.15) is 0 Å². The highest BCUT2D eigenvalue weighted by Gasteiger charge is 2.17. The molecule has 0 spiro atoms. The maximum absolute atomic E-state index is 6.02. The molecule has 0 atom stereocenters. The van der Waals surface area contributed by atoms with Crippen molar-refractivity contribution in [3.05, 3.63) is 72.0 Å². The van der Waals surface area contributed by atoms with E-state index in [-0.39, 0.29) is 0 Å². The first-order valence-corrected chi connectivity index (χ1v) is 9.10.